The van der Waals surface area contributed by atoms with Gasteiger partial charge in [-0.1, -0.05) is 160 Å². The van der Waals surface area contributed by atoms with E-state index in [4.69, 9.17) is 0 Å². The quantitative estimate of drug-likeness (QED) is 0.157. The van der Waals surface area contributed by atoms with E-state index in [9.17, 15) is 0 Å². The average molecular weight is 973 g/mol. The molecule has 0 aliphatic heterocycles. The molecular formula is C66H50F2N2S2. The summed E-state index contributed by atoms with van der Waals surface area (Å²) in [5, 5.41) is 9.78. The summed E-state index contributed by atoms with van der Waals surface area (Å²) >= 11 is 3.71. The summed E-state index contributed by atoms with van der Waals surface area (Å²) in [5.74, 6) is -0.307. The summed E-state index contributed by atoms with van der Waals surface area (Å²) < 4.78 is 45.7. The van der Waals surface area contributed by atoms with Gasteiger partial charge in [-0.15, -0.1) is 22.7 Å². The monoisotopic (exact) mass is 972 g/mol. The number of para-hydroxylation sites is 2. The number of fused-ring (bicyclic) bond motifs is 14. The Balaban J connectivity index is 1.22. The zero-order valence-electron chi connectivity index (χ0n) is 39.9. The number of hydrogen-bond donors (Lipinski definition) is 0. The van der Waals surface area contributed by atoms with Crippen LogP contribution in [-0.2, 0) is 0 Å². The number of rotatable bonds is 6. The van der Waals surface area contributed by atoms with Crippen LogP contribution in [0.1, 0.15) is 87.2 Å². The molecule has 0 N–H and O–H groups in total. The Morgan fingerprint density at radius 1 is 0.347 bits per heavy atom. The molecule has 4 heterocycles. The predicted octanol–water partition coefficient (Wildman–Crippen LogP) is 20.3. The lowest BCUT2D eigenvalue weighted by molar-refractivity contribution is 0.435. The summed E-state index contributed by atoms with van der Waals surface area (Å²) in [6.07, 6.45) is 10.7. The van der Waals surface area contributed by atoms with Crippen molar-refractivity contribution in [3.63, 3.8) is 0 Å². The highest BCUT2D eigenvalue weighted by atomic mass is 32.1. The minimum atomic E-state index is -0.270. The number of halogens is 2. The van der Waals surface area contributed by atoms with Crippen LogP contribution in [0.5, 0.6) is 0 Å². The first kappa shape index (κ1) is 42.6. The van der Waals surface area contributed by atoms with Crippen LogP contribution in [0.15, 0.2) is 170 Å². The van der Waals surface area contributed by atoms with Crippen LogP contribution >= 0.6 is 22.7 Å². The first-order valence-electron chi connectivity index (χ1n) is 26.0. The molecule has 6 heteroatoms. The van der Waals surface area contributed by atoms with Gasteiger partial charge in [-0.2, -0.15) is 0 Å². The zero-order chi connectivity index (χ0) is 47.6. The molecule has 0 atom stereocenters. The van der Waals surface area contributed by atoms with Crippen molar-refractivity contribution in [2.45, 2.75) is 76.0 Å². The van der Waals surface area contributed by atoms with E-state index >= 15 is 8.78 Å². The fourth-order valence-corrected chi connectivity index (χ4v) is 16.1. The van der Waals surface area contributed by atoms with Gasteiger partial charge >= 0.3 is 0 Å². The van der Waals surface area contributed by atoms with E-state index in [-0.39, 0.29) is 23.5 Å². The van der Waals surface area contributed by atoms with E-state index in [0.29, 0.717) is 11.1 Å². The Hall–Kier alpha value is -7.12. The molecule has 2 saturated carbocycles. The summed E-state index contributed by atoms with van der Waals surface area (Å²) in [6.45, 7) is 0. The van der Waals surface area contributed by atoms with Crippen molar-refractivity contribution in [2.24, 2.45) is 0 Å². The first-order chi connectivity index (χ1) is 35.6. The topological polar surface area (TPSA) is 9.86 Å². The molecule has 0 unspecified atom stereocenters. The second-order valence-corrected chi connectivity index (χ2v) is 22.6. The minimum absolute atomic E-state index is 0.116. The van der Waals surface area contributed by atoms with Gasteiger partial charge in [0.1, 0.15) is 11.6 Å². The fraction of sp³-hybridized carbons (Fsp3) is 0.182. The van der Waals surface area contributed by atoms with Crippen molar-refractivity contribution in [2.75, 3.05) is 0 Å². The van der Waals surface area contributed by atoms with Gasteiger partial charge < -0.3 is 9.13 Å². The molecule has 13 aromatic rings. The summed E-state index contributed by atoms with van der Waals surface area (Å²) in [7, 11) is 0. The lowest BCUT2D eigenvalue weighted by atomic mass is 9.72. The summed E-state index contributed by atoms with van der Waals surface area (Å²) in [6, 6.07) is 59.4. The number of benzene rings is 9. The molecule has 4 aromatic heterocycles. The van der Waals surface area contributed by atoms with E-state index in [1.165, 1.54) is 80.5 Å². The largest absolute Gasteiger partial charge is 0.309 e. The van der Waals surface area contributed by atoms with Gasteiger partial charge in [-0.05, 0) is 97.2 Å². The van der Waals surface area contributed by atoms with Crippen molar-refractivity contribution < 1.29 is 8.78 Å². The minimum Gasteiger partial charge on any atom is -0.309 e. The molecule has 0 radical (unpaired) electrons. The van der Waals surface area contributed by atoms with Crippen LogP contribution < -0.4 is 0 Å². The summed E-state index contributed by atoms with van der Waals surface area (Å²) in [4.78, 5) is 0. The van der Waals surface area contributed by atoms with Gasteiger partial charge in [0.05, 0.1) is 33.4 Å². The zero-order valence-corrected chi connectivity index (χ0v) is 41.5. The molecule has 0 amide bonds. The van der Waals surface area contributed by atoms with Crippen molar-refractivity contribution in [1.29, 1.82) is 0 Å². The second kappa shape index (κ2) is 16.7. The molecule has 2 nitrogen and oxygen atoms in total. The SMILES string of the molecule is Fc1ccccc1-c1c(C2CCCCC2)c(-n2c3ccccc3c3c4sc5ccccc5c4ccc32)c(C2CCCCC2)c(-c2ccccc2F)c1-n1c2ccccc2c2c3sc4ccccc4c3ccc21. The molecule has 72 heavy (non-hydrogen) atoms. The Bertz CT molecular complexity index is 4250. The van der Waals surface area contributed by atoms with Gasteiger partial charge in [0.2, 0.25) is 0 Å². The van der Waals surface area contributed by atoms with Crippen LogP contribution in [0.2, 0.25) is 0 Å². The Morgan fingerprint density at radius 3 is 1.19 bits per heavy atom. The van der Waals surface area contributed by atoms with Crippen molar-refractivity contribution in [3.05, 3.63) is 193 Å². The summed E-state index contributed by atoms with van der Waals surface area (Å²) in [5.41, 5.74) is 11.6. The highest BCUT2D eigenvalue weighted by Crippen LogP contribution is 2.57. The maximum absolute atomic E-state index is 17.8. The predicted molar refractivity (Wildman–Crippen MR) is 303 cm³/mol. The number of hydrogen-bond acceptors (Lipinski definition) is 2. The number of aromatic nitrogens is 2. The molecule has 2 aliphatic carbocycles. The molecule has 0 saturated heterocycles. The molecular weight excluding hydrogens is 923 g/mol. The van der Waals surface area contributed by atoms with Gasteiger partial charge in [-0.3, -0.25) is 0 Å². The smallest absolute Gasteiger partial charge is 0.131 e. The van der Waals surface area contributed by atoms with Crippen LogP contribution in [-0.4, -0.2) is 9.13 Å². The Morgan fingerprint density at radius 2 is 0.736 bits per heavy atom. The normalized spacial score (nSPS) is 15.2. The van der Waals surface area contributed by atoms with Crippen LogP contribution in [0.25, 0.3) is 118 Å². The van der Waals surface area contributed by atoms with Crippen LogP contribution in [0.3, 0.4) is 0 Å². The van der Waals surface area contributed by atoms with E-state index in [2.05, 4.69) is 130 Å². The third-order valence-electron chi connectivity index (χ3n) is 16.6. The highest BCUT2D eigenvalue weighted by molar-refractivity contribution is 7.27. The first-order valence-corrected chi connectivity index (χ1v) is 27.7. The fourth-order valence-electron chi connectivity index (χ4n) is 13.6. The lowest BCUT2D eigenvalue weighted by Gasteiger charge is -2.37. The van der Waals surface area contributed by atoms with Gasteiger partial charge in [-0.25, -0.2) is 8.78 Å². The maximum atomic E-state index is 17.8. The highest BCUT2D eigenvalue weighted by Gasteiger charge is 2.38. The van der Waals surface area contributed by atoms with Crippen LogP contribution in [0, 0.1) is 11.6 Å². The Kier molecular flexibility index (Phi) is 9.89. The molecule has 0 spiro atoms. The third-order valence-corrected chi connectivity index (χ3v) is 19.1. The van der Waals surface area contributed by atoms with Crippen molar-refractivity contribution >= 4 is 107 Å². The Labute approximate surface area is 424 Å². The number of nitrogens with zero attached hydrogens (tertiary/aromatic N) is 2. The van der Waals surface area contributed by atoms with E-state index in [1.807, 2.05) is 59.1 Å². The lowest BCUT2D eigenvalue weighted by Crippen LogP contribution is -2.20. The molecule has 15 rings (SSSR count). The number of thiophene rings is 2. The average Bonchev–Trinajstić information content (AvgIpc) is 4.19. The molecule has 0 bridgehead atoms. The van der Waals surface area contributed by atoms with Crippen LogP contribution in [0.4, 0.5) is 8.78 Å². The molecule has 2 aliphatic rings. The molecule has 2 fully saturated rings. The van der Waals surface area contributed by atoms with Crippen molar-refractivity contribution in [1.82, 2.24) is 9.13 Å². The van der Waals surface area contributed by atoms with Gasteiger partial charge in [0.25, 0.3) is 0 Å². The van der Waals surface area contributed by atoms with Gasteiger partial charge in [0, 0.05) is 84.1 Å². The van der Waals surface area contributed by atoms with E-state index in [0.717, 1.165) is 101 Å². The van der Waals surface area contributed by atoms with Gasteiger partial charge in [0.15, 0.2) is 0 Å². The maximum Gasteiger partial charge on any atom is 0.131 e. The third kappa shape index (κ3) is 6.21. The molecule has 350 valence electrons. The van der Waals surface area contributed by atoms with Crippen molar-refractivity contribution in [3.8, 4) is 33.6 Å². The standard InChI is InChI=1S/C66H50F2N2S2/c67-49-29-13-7-25-45(49)61-57(39-19-3-1-4-20-39)63(69-51-31-15-9-27-47(51)59-53(69)37-35-43-41-23-11-17-33-55(41)71-65(43)59)58(40-21-5-2-6-22-40)62(46-26-8-14-30-50(46)68)64(61)70-52-32-16-10-28-48(52)60-54(70)38-36-44-42-24-12-18-34-56(42)72-66(44)60/h7-18,23-40H,1-6,19-22H2. The molecule has 9 aromatic carbocycles. The van der Waals surface area contributed by atoms with E-state index < -0.39 is 0 Å². The van der Waals surface area contributed by atoms with E-state index in [1.54, 1.807) is 12.1 Å². The second-order valence-electron chi connectivity index (χ2n) is 20.5.